The van der Waals surface area contributed by atoms with Crippen molar-refractivity contribution in [1.29, 1.82) is 0 Å². The topological polar surface area (TPSA) is 48.1 Å². The molecule has 21 heavy (non-hydrogen) atoms. The van der Waals surface area contributed by atoms with Crippen molar-refractivity contribution in [2.45, 2.75) is 58.5 Å². The summed E-state index contributed by atoms with van der Waals surface area (Å²) in [6.45, 7) is 8.70. The molecule has 1 unspecified atom stereocenters. The van der Waals surface area contributed by atoms with Crippen LogP contribution in [0.2, 0.25) is 0 Å². The molecule has 1 aromatic rings. The van der Waals surface area contributed by atoms with Gasteiger partial charge >= 0.3 is 0 Å². The summed E-state index contributed by atoms with van der Waals surface area (Å²) in [5, 5.41) is 0. The minimum atomic E-state index is 0.0620. The Morgan fingerprint density at radius 2 is 2.10 bits per heavy atom. The zero-order valence-electron chi connectivity index (χ0n) is 13.5. The van der Waals surface area contributed by atoms with Gasteiger partial charge < -0.3 is 10.5 Å². The molecule has 0 radical (unpaired) electrons. The van der Waals surface area contributed by atoms with Crippen LogP contribution in [0.5, 0.6) is 5.75 Å². The first-order chi connectivity index (χ1) is 9.95. The van der Waals surface area contributed by atoms with Crippen LogP contribution < -0.4 is 10.5 Å². The molecule has 0 amide bonds. The second-order valence-electron chi connectivity index (χ2n) is 6.53. The number of aryl methyl sites for hydroxylation is 1. The predicted molar refractivity (Wildman–Crippen MR) is 87.4 cm³/mol. The SMILES string of the molecule is CCC1Oc2ccc(C(C)(C)C)nc2CC/C1=C/C=C\N. The Kier molecular flexibility index (Phi) is 4.71. The van der Waals surface area contributed by atoms with Gasteiger partial charge in [0, 0.05) is 11.1 Å². The van der Waals surface area contributed by atoms with Gasteiger partial charge in [0.1, 0.15) is 11.9 Å². The van der Waals surface area contributed by atoms with E-state index in [1.165, 1.54) is 5.57 Å². The molecule has 1 aliphatic rings. The first kappa shape index (κ1) is 15.6. The fourth-order valence-electron chi connectivity index (χ4n) is 2.56. The minimum Gasteiger partial charge on any atom is -0.484 e. The highest BCUT2D eigenvalue weighted by Gasteiger charge is 2.23. The highest BCUT2D eigenvalue weighted by Crippen LogP contribution is 2.31. The number of rotatable bonds is 2. The standard InChI is InChI=1S/C18H26N2O/c1-5-15-13(7-6-12-19)8-9-14-16(21-15)10-11-17(20-14)18(2,3)4/h6-7,10-12,15H,5,8-9,19H2,1-4H3/b12-6-,13-7-. The van der Waals surface area contributed by atoms with E-state index in [0.29, 0.717) is 0 Å². The molecule has 114 valence electrons. The molecule has 3 nitrogen and oxygen atoms in total. The quantitative estimate of drug-likeness (QED) is 0.897. The molecule has 0 saturated carbocycles. The van der Waals surface area contributed by atoms with E-state index in [2.05, 4.69) is 45.9 Å². The fourth-order valence-corrected chi connectivity index (χ4v) is 2.56. The van der Waals surface area contributed by atoms with Gasteiger partial charge in [0.25, 0.3) is 0 Å². The molecule has 0 fully saturated rings. The maximum Gasteiger partial charge on any atom is 0.141 e. The number of nitrogens with two attached hydrogens (primary N) is 1. The minimum absolute atomic E-state index is 0.0620. The van der Waals surface area contributed by atoms with Crippen molar-refractivity contribution < 1.29 is 4.74 Å². The van der Waals surface area contributed by atoms with Gasteiger partial charge in [-0.1, -0.05) is 33.8 Å². The molecular formula is C18H26N2O. The van der Waals surface area contributed by atoms with Gasteiger partial charge in [-0.2, -0.15) is 0 Å². The van der Waals surface area contributed by atoms with Crippen LogP contribution in [0.25, 0.3) is 0 Å². The Bertz CT molecular complexity index is 553. The van der Waals surface area contributed by atoms with Gasteiger partial charge in [-0.15, -0.1) is 0 Å². The molecule has 0 spiro atoms. The van der Waals surface area contributed by atoms with E-state index in [1.807, 2.05) is 6.08 Å². The van der Waals surface area contributed by atoms with E-state index < -0.39 is 0 Å². The summed E-state index contributed by atoms with van der Waals surface area (Å²) in [6, 6.07) is 4.16. The van der Waals surface area contributed by atoms with E-state index in [0.717, 1.165) is 36.4 Å². The summed E-state index contributed by atoms with van der Waals surface area (Å²) < 4.78 is 6.18. The van der Waals surface area contributed by atoms with Crippen LogP contribution in [0.15, 0.2) is 36.1 Å². The summed E-state index contributed by atoms with van der Waals surface area (Å²) >= 11 is 0. The zero-order chi connectivity index (χ0) is 15.5. The highest BCUT2D eigenvalue weighted by atomic mass is 16.5. The second kappa shape index (κ2) is 6.33. The largest absolute Gasteiger partial charge is 0.484 e. The number of fused-ring (bicyclic) bond motifs is 1. The van der Waals surface area contributed by atoms with E-state index in [-0.39, 0.29) is 11.5 Å². The number of nitrogens with zero attached hydrogens (tertiary/aromatic N) is 1. The Balaban J connectivity index is 2.34. The number of allylic oxidation sites excluding steroid dienone is 2. The van der Waals surface area contributed by atoms with Crippen LogP contribution in [-0.2, 0) is 11.8 Å². The van der Waals surface area contributed by atoms with Gasteiger partial charge in [-0.3, -0.25) is 4.98 Å². The lowest BCUT2D eigenvalue weighted by Gasteiger charge is -2.20. The highest BCUT2D eigenvalue weighted by molar-refractivity contribution is 5.35. The molecule has 0 aromatic carbocycles. The number of hydrogen-bond acceptors (Lipinski definition) is 3. The molecule has 0 aliphatic carbocycles. The van der Waals surface area contributed by atoms with Crippen molar-refractivity contribution in [3.8, 4) is 5.75 Å². The van der Waals surface area contributed by atoms with Crippen molar-refractivity contribution in [1.82, 2.24) is 4.98 Å². The van der Waals surface area contributed by atoms with Crippen molar-refractivity contribution in [3.05, 3.63) is 47.4 Å². The predicted octanol–water partition coefficient (Wildman–Crippen LogP) is 3.88. The maximum atomic E-state index is 6.18. The first-order valence-electron chi connectivity index (χ1n) is 7.70. The molecule has 0 saturated heterocycles. The van der Waals surface area contributed by atoms with Crippen LogP contribution in [0.3, 0.4) is 0 Å². The van der Waals surface area contributed by atoms with Crippen molar-refractivity contribution >= 4 is 0 Å². The number of ether oxygens (including phenoxy) is 1. The average molecular weight is 286 g/mol. The van der Waals surface area contributed by atoms with Crippen LogP contribution in [-0.4, -0.2) is 11.1 Å². The zero-order valence-corrected chi connectivity index (χ0v) is 13.5. The molecule has 3 heteroatoms. The normalized spacial score (nSPS) is 21.1. The molecule has 2 rings (SSSR count). The van der Waals surface area contributed by atoms with E-state index in [9.17, 15) is 0 Å². The molecule has 2 N–H and O–H groups in total. The maximum absolute atomic E-state index is 6.18. The smallest absolute Gasteiger partial charge is 0.141 e. The lowest BCUT2D eigenvalue weighted by molar-refractivity contribution is 0.232. The third kappa shape index (κ3) is 3.66. The first-order valence-corrected chi connectivity index (χ1v) is 7.70. The van der Waals surface area contributed by atoms with Crippen LogP contribution >= 0.6 is 0 Å². The van der Waals surface area contributed by atoms with Gasteiger partial charge in [-0.05, 0) is 49.2 Å². The van der Waals surface area contributed by atoms with Crippen molar-refractivity contribution in [2.24, 2.45) is 5.73 Å². The summed E-state index contributed by atoms with van der Waals surface area (Å²) in [4.78, 5) is 4.83. The van der Waals surface area contributed by atoms with Crippen molar-refractivity contribution in [3.63, 3.8) is 0 Å². The van der Waals surface area contributed by atoms with Gasteiger partial charge in [0.05, 0.1) is 5.69 Å². The monoisotopic (exact) mass is 286 g/mol. The lowest BCUT2D eigenvalue weighted by Crippen LogP contribution is -2.18. The van der Waals surface area contributed by atoms with Gasteiger partial charge in [-0.25, -0.2) is 0 Å². The third-order valence-electron chi connectivity index (χ3n) is 3.83. The number of aromatic nitrogens is 1. The Labute approximate surface area is 127 Å². The molecule has 1 aliphatic heterocycles. The summed E-state index contributed by atoms with van der Waals surface area (Å²) in [5.41, 5.74) is 8.98. The van der Waals surface area contributed by atoms with Crippen LogP contribution in [0, 0.1) is 0 Å². The lowest BCUT2D eigenvalue weighted by atomic mass is 9.91. The number of pyridine rings is 1. The summed E-state index contributed by atoms with van der Waals surface area (Å²) in [7, 11) is 0. The van der Waals surface area contributed by atoms with E-state index in [4.69, 9.17) is 15.5 Å². The average Bonchev–Trinajstić information content (AvgIpc) is 2.62. The van der Waals surface area contributed by atoms with Crippen molar-refractivity contribution in [2.75, 3.05) is 0 Å². The second-order valence-corrected chi connectivity index (χ2v) is 6.53. The molecule has 2 heterocycles. The molecule has 1 atom stereocenters. The summed E-state index contributed by atoms with van der Waals surface area (Å²) in [5.74, 6) is 0.926. The fraction of sp³-hybridized carbons (Fsp3) is 0.500. The van der Waals surface area contributed by atoms with Gasteiger partial charge in [0.15, 0.2) is 0 Å². The van der Waals surface area contributed by atoms with Gasteiger partial charge in [0.2, 0.25) is 0 Å². The Hall–Kier alpha value is -1.77. The Morgan fingerprint density at radius 3 is 2.71 bits per heavy atom. The molecular weight excluding hydrogens is 260 g/mol. The molecule has 1 aromatic heterocycles. The molecule has 0 bridgehead atoms. The van der Waals surface area contributed by atoms with Crippen LogP contribution in [0.1, 0.15) is 51.9 Å². The Morgan fingerprint density at radius 1 is 1.33 bits per heavy atom. The summed E-state index contributed by atoms with van der Waals surface area (Å²) in [6.07, 6.45) is 8.47. The van der Waals surface area contributed by atoms with E-state index >= 15 is 0 Å². The van der Waals surface area contributed by atoms with E-state index in [1.54, 1.807) is 6.20 Å². The number of hydrogen-bond donors (Lipinski definition) is 1. The van der Waals surface area contributed by atoms with Crippen LogP contribution in [0.4, 0.5) is 0 Å². The third-order valence-corrected chi connectivity index (χ3v) is 3.83.